The molecule has 1 saturated heterocycles. The van der Waals surface area contributed by atoms with Crippen LogP contribution in [-0.4, -0.2) is 46.2 Å². The summed E-state index contributed by atoms with van der Waals surface area (Å²) in [6.07, 6.45) is 0. The molecule has 2 atom stereocenters. The summed E-state index contributed by atoms with van der Waals surface area (Å²) in [4.78, 5) is 4.87. The first-order valence-corrected chi connectivity index (χ1v) is 8.46. The van der Waals surface area contributed by atoms with Crippen LogP contribution in [0.15, 0.2) is 28.7 Å². The third-order valence-electron chi connectivity index (χ3n) is 4.70. The molecule has 1 aromatic heterocycles. The van der Waals surface area contributed by atoms with Crippen LogP contribution in [0.5, 0.6) is 0 Å². The van der Waals surface area contributed by atoms with Gasteiger partial charge in [0, 0.05) is 44.2 Å². The maximum atomic E-state index is 6.34. The molecule has 2 aromatic rings. The predicted octanol–water partition coefficient (Wildman–Crippen LogP) is 3.47. The highest BCUT2D eigenvalue weighted by molar-refractivity contribution is 6.31. The van der Waals surface area contributed by atoms with E-state index in [0.717, 1.165) is 31.2 Å². The van der Waals surface area contributed by atoms with E-state index in [0.29, 0.717) is 17.8 Å². The number of halogens is 1. The van der Waals surface area contributed by atoms with E-state index in [1.54, 1.807) is 0 Å². The average Bonchev–Trinajstić information content (AvgIpc) is 3.01. The zero-order valence-corrected chi connectivity index (χ0v) is 14.6. The number of nitrogens with zero attached hydrogens (tertiary/aromatic N) is 4. The van der Waals surface area contributed by atoms with Crippen LogP contribution < -0.4 is 0 Å². The maximum absolute atomic E-state index is 6.34. The van der Waals surface area contributed by atoms with E-state index in [2.05, 4.69) is 39.9 Å². The van der Waals surface area contributed by atoms with Gasteiger partial charge in [0.25, 0.3) is 0 Å². The van der Waals surface area contributed by atoms with Crippen LogP contribution in [0.25, 0.3) is 0 Å². The molecule has 0 aliphatic carbocycles. The van der Waals surface area contributed by atoms with Crippen LogP contribution in [0.1, 0.15) is 43.3 Å². The molecule has 0 amide bonds. The summed E-state index contributed by atoms with van der Waals surface area (Å²) in [6.45, 7) is 10.1. The van der Waals surface area contributed by atoms with Crippen molar-refractivity contribution < 1.29 is 4.42 Å². The fourth-order valence-corrected chi connectivity index (χ4v) is 3.45. The molecule has 5 nitrogen and oxygen atoms in total. The van der Waals surface area contributed by atoms with Crippen LogP contribution in [0.3, 0.4) is 0 Å². The standard InChI is InChI=1S/C17H23ClN4O/c1-12(15-6-4-5-7-16(15)18)21-8-10-22(11-9-21)13(2)17-20-19-14(3)23-17/h4-7,12-13H,8-11H2,1-3H3/t12-,13-/m1/s1. The zero-order chi connectivity index (χ0) is 16.4. The van der Waals surface area contributed by atoms with E-state index in [1.807, 2.05) is 25.1 Å². The van der Waals surface area contributed by atoms with Gasteiger partial charge in [-0.3, -0.25) is 9.80 Å². The van der Waals surface area contributed by atoms with E-state index in [9.17, 15) is 0 Å². The molecule has 0 spiro atoms. The lowest BCUT2D eigenvalue weighted by molar-refractivity contribution is 0.0697. The van der Waals surface area contributed by atoms with Crippen molar-refractivity contribution in [1.82, 2.24) is 20.0 Å². The number of aromatic nitrogens is 2. The van der Waals surface area contributed by atoms with Crippen LogP contribution in [0, 0.1) is 6.92 Å². The number of hydrogen-bond donors (Lipinski definition) is 0. The largest absolute Gasteiger partial charge is 0.424 e. The summed E-state index contributed by atoms with van der Waals surface area (Å²) in [5.41, 5.74) is 1.20. The fraction of sp³-hybridized carbons (Fsp3) is 0.529. The Morgan fingerprint density at radius 2 is 1.61 bits per heavy atom. The second-order valence-electron chi connectivity index (χ2n) is 6.10. The highest BCUT2D eigenvalue weighted by Crippen LogP contribution is 2.29. The minimum absolute atomic E-state index is 0.161. The van der Waals surface area contributed by atoms with Gasteiger partial charge in [-0.05, 0) is 25.5 Å². The summed E-state index contributed by atoms with van der Waals surface area (Å²) in [6, 6.07) is 8.59. The number of piperazine rings is 1. The van der Waals surface area contributed by atoms with Crippen LogP contribution in [-0.2, 0) is 0 Å². The molecule has 1 aliphatic rings. The topological polar surface area (TPSA) is 45.4 Å². The molecular formula is C17H23ClN4O. The minimum Gasteiger partial charge on any atom is -0.424 e. The summed E-state index contributed by atoms with van der Waals surface area (Å²) >= 11 is 6.34. The quantitative estimate of drug-likeness (QED) is 0.856. The fourth-order valence-electron chi connectivity index (χ4n) is 3.16. The highest BCUT2D eigenvalue weighted by Gasteiger charge is 2.28. The Hall–Kier alpha value is -1.43. The number of benzene rings is 1. The van der Waals surface area contributed by atoms with E-state index in [-0.39, 0.29) is 6.04 Å². The third-order valence-corrected chi connectivity index (χ3v) is 5.04. The van der Waals surface area contributed by atoms with Crippen molar-refractivity contribution in [2.75, 3.05) is 26.2 Å². The van der Waals surface area contributed by atoms with Gasteiger partial charge in [-0.15, -0.1) is 10.2 Å². The molecule has 1 aliphatic heterocycles. The average molecular weight is 335 g/mol. The van der Waals surface area contributed by atoms with Gasteiger partial charge in [-0.1, -0.05) is 29.8 Å². The van der Waals surface area contributed by atoms with Gasteiger partial charge in [0.05, 0.1) is 6.04 Å². The molecule has 0 N–H and O–H groups in total. The minimum atomic E-state index is 0.161. The van der Waals surface area contributed by atoms with Crippen molar-refractivity contribution in [3.63, 3.8) is 0 Å². The second kappa shape index (κ2) is 6.99. The molecule has 1 aromatic carbocycles. The van der Waals surface area contributed by atoms with E-state index >= 15 is 0 Å². The van der Waals surface area contributed by atoms with Crippen LogP contribution in [0.2, 0.25) is 5.02 Å². The van der Waals surface area contributed by atoms with Gasteiger partial charge >= 0.3 is 0 Å². The van der Waals surface area contributed by atoms with E-state index in [1.165, 1.54) is 5.56 Å². The molecule has 0 unspecified atom stereocenters. The Bertz CT molecular complexity index is 652. The number of aryl methyl sites for hydroxylation is 1. The molecule has 0 radical (unpaired) electrons. The Morgan fingerprint density at radius 1 is 1.00 bits per heavy atom. The predicted molar refractivity (Wildman–Crippen MR) is 90.5 cm³/mol. The van der Waals surface area contributed by atoms with E-state index < -0.39 is 0 Å². The Kier molecular flexibility index (Phi) is 4.99. The third kappa shape index (κ3) is 3.57. The molecule has 6 heteroatoms. The molecule has 23 heavy (non-hydrogen) atoms. The molecule has 2 heterocycles. The summed E-state index contributed by atoms with van der Waals surface area (Å²) in [5.74, 6) is 1.33. The molecule has 3 rings (SSSR count). The SMILES string of the molecule is Cc1nnc([C@@H](C)N2CCN([C@H](C)c3ccccc3Cl)CC2)o1. The van der Waals surface area contributed by atoms with Crippen LogP contribution >= 0.6 is 11.6 Å². The number of rotatable bonds is 4. The van der Waals surface area contributed by atoms with E-state index in [4.69, 9.17) is 16.0 Å². The molecular weight excluding hydrogens is 312 g/mol. The van der Waals surface area contributed by atoms with Crippen molar-refractivity contribution in [3.05, 3.63) is 46.6 Å². The van der Waals surface area contributed by atoms with Gasteiger partial charge in [0.1, 0.15) is 0 Å². The van der Waals surface area contributed by atoms with Crippen molar-refractivity contribution in [3.8, 4) is 0 Å². The smallest absolute Gasteiger partial charge is 0.233 e. The first-order chi connectivity index (χ1) is 11.1. The van der Waals surface area contributed by atoms with Gasteiger partial charge in [0.2, 0.25) is 11.8 Å². The molecule has 1 fully saturated rings. The second-order valence-corrected chi connectivity index (χ2v) is 6.51. The monoisotopic (exact) mass is 334 g/mol. The number of hydrogen-bond acceptors (Lipinski definition) is 5. The maximum Gasteiger partial charge on any atom is 0.233 e. The first-order valence-electron chi connectivity index (χ1n) is 8.09. The van der Waals surface area contributed by atoms with Crippen molar-refractivity contribution in [2.24, 2.45) is 0 Å². The Balaban J connectivity index is 1.61. The van der Waals surface area contributed by atoms with Crippen LogP contribution in [0.4, 0.5) is 0 Å². The van der Waals surface area contributed by atoms with Gasteiger partial charge < -0.3 is 4.42 Å². The molecule has 0 saturated carbocycles. The lowest BCUT2D eigenvalue weighted by Crippen LogP contribution is -2.47. The van der Waals surface area contributed by atoms with Crippen molar-refractivity contribution in [1.29, 1.82) is 0 Å². The summed E-state index contributed by atoms with van der Waals surface area (Å²) in [7, 11) is 0. The van der Waals surface area contributed by atoms with Gasteiger partial charge in [-0.2, -0.15) is 0 Å². The highest BCUT2D eigenvalue weighted by atomic mass is 35.5. The first kappa shape index (κ1) is 16.4. The Morgan fingerprint density at radius 3 is 2.17 bits per heavy atom. The van der Waals surface area contributed by atoms with Gasteiger partial charge in [0.15, 0.2) is 0 Å². The molecule has 124 valence electrons. The molecule has 0 bridgehead atoms. The summed E-state index contributed by atoms with van der Waals surface area (Å²) < 4.78 is 5.56. The van der Waals surface area contributed by atoms with Gasteiger partial charge in [-0.25, -0.2) is 0 Å². The summed E-state index contributed by atoms with van der Waals surface area (Å²) in [5, 5.41) is 8.92. The lowest BCUT2D eigenvalue weighted by Gasteiger charge is -2.40. The van der Waals surface area contributed by atoms with Crippen molar-refractivity contribution in [2.45, 2.75) is 32.9 Å². The van der Waals surface area contributed by atoms with Crippen molar-refractivity contribution >= 4 is 11.6 Å². The Labute approximate surface area is 142 Å². The normalized spacial score (nSPS) is 19.7. The lowest BCUT2D eigenvalue weighted by atomic mass is 10.1. The zero-order valence-electron chi connectivity index (χ0n) is 13.9.